The van der Waals surface area contributed by atoms with Crippen molar-refractivity contribution in [1.29, 1.82) is 0 Å². The Balaban J connectivity index is 1.09. The van der Waals surface area contributed by atoms with E-state index in [9.17, 15) is 21.6 Å². The molecular formula is C62H40F3N3O3S. The molecule has 0 bridgehead atoms. The van der Waals surface area contributed by atoms with Gasteiger partial charge in [-0.1, -0.05) is 164 Å². The minimum Gasteiger partial charge on any atom is -0.375 e. The number of hydrogen-bond donors (Lipinski definition) is 0. The molecule has 3 heterocycles. The standard InChI is InChI=1S/C62H40F3N3O3S/c63-62(64,65)72(69,70)71-61-40-46(60-34-32-43-13-1-8-22-59(43)68-60)31-33-56(61)55-19-7-6-18-54(55)49-38-47(52-16-4-2-14-50(52)41-23-27-44(28-24-41)57-20-9-11-35-66-57)37-48(39-49)53-17-5-3-15-51(53)42-25-29-45(30-26-42)58-21-10-12-36-67-58/h1-40H. The Kier molecular flexibility index (Phi) is 12.0. The first-order valence-electron chi connectivity index (χ1n) is 23.0. The highest BCUT2D eigenvalue weighted by atomic mass is 32.2. The van der Waals surface area contributed by atoms with Crippen LogP contribution in [0.15, 0.2) is 243 Å². The van der Waals surface area contributed by atoms with E-state index < -0.39 is 21.4 Å². The van der Waals surface area contributed by atoms with Crippen LogP contribution in [0.5, 0.6) is 5.75 Å². The molecule has 0 unspecified atom stereocenters. The molecule has 0 aliphatic carbocycles. The molecule has 0 atom stereocenters. The predicted octanol–water partition coefficient (Wildman–Crippen LogP) is 16.3. The van der Waals surface area contributed by atoms with Crippen LogP contribution in [-0.2, 0) is 10.1 Å². The number of aromatic nitrogens is 3. The van der Waals surface area contributed by atoms with Crippen LogP contribution in [-0.4, -0.2) is 28.9 Å². The summed E-state index contributed by atoms with van der Waals surface area (Å²) in [6.07, 6.45) is 3.54. The van der Waals surface area contributed by atoms with E-state index in [2.05, 4.69) is 101 Å². The minimum absolute atomic E-state index is 0.136. The monoisotopic (exact) mass is 963 g/mol. The van der Waals surface area contributed by atoms with Crippen molar-refractivity contribution >= 4 is 21.0 Å². The van der Waals surface area contributed by atoms with Crippen molar-refractivity contribution in [3.05, 3.63) is 243 Å². The van der Waals surface area contributed by atoms with Crippen molar-refractivity contribution in [2.75, 3.05) is 0 Å². The van der Waals surface area contributed by atoms with Gasteiger partial charge in [0.2, 0.25) is 0 Å². The number of halogens is 3. The number of hydrogen-bond acceptors (Lipinski definition) is 6. The van der Waals surface area contributed by atoms with Crippen LogP contribution in [0, 0.1) is 0 Å². The zero-order valence-corrected chi connectivity index (χ0v) is 39.0. The smallest absolute Gasteiger partial charge is 0.375 e. The SMILES string of the molecule is O=S(=O)(Oc1cc(-c2ccc3ccccc3n2)ccc1-c1ccccc1-c1cc(-c2ccccc2-c2ccc(-c3ccccn3)cc2)cc(-c2ccccc2-c2ccc(-c3ccccn3)cc2)c1)C(F)(F)F. The number of benzene rings is 8. The number of alkyl halides is 3. The second kappa shape index (κ2) is 19.1. The predicted molar refractivity (Wildman–Crippen MR) is 282 cm³/mol. The number of nitrogens with zero attached hydrogens (tertiary/aromatic N) is 3. The molecule has 10 heteroatoms. The summed E-state index contributed by atoms with van der Waals surface area (Å²) in [6.45, 7) is 0. The lowest BCUT2D eigenvalue weighted by atomic mass is 9.86. The Bertz CT molecular complexity index is 3740. The van der Waals surface area contributed by atoms with Gasteiger partial charge in [0.1, 0.15) is 0 Å². The van der Waals surface area contributed by atoms with Crippen LogP contribution in [0.25, 0.3) is 111 Å². The van der Waals surface area contributed by atoms with Gasteiger partial charge in [0.05, 0.1) is 22.6 Å². The molecule has 0 N–H and O–H groups in total. The Morgan fingerprint density at radius 1 is 0.347 bits per heavy atom. The molecule has 0 fully saturated rings. The van der Waals surface area contributed by atoms with Crippen molar-refractivity contribution in [3.63, 3.8) is 0 Å². The van der Waals surface area contributed by atoms with Crippen LogP contribution in [0.2, 0.25) is 0 Å². The molecule has 0 saturated heterocycles. The molecule has 348 valence electrons. The maximum Gasteiger partial charge on any atom is 0.534 e. The van der Waals surface area contributed by atoms with Gasteiger partial charge < -0.3 is 4.18 Å². The second-order valence-electron chi connectivity index (χ2n) is 17.1. The van der Waals surface area contributed by atoms with E-state index in [1.54, 1.807) is 42.7 Å². The third kappa shape index (κ3) is 9.14. The zero-order chi connectivity index (χ0) is 49.2. The van der Waals surface area contributed by atoms with E-state index in [1.165, 1.54) is 6.07 Å². The third-order valence-corrected chi connectivity index (χ3v) is 13.6. The lowest BCUT2D eigenvalue weighted by Crippen LogP contribution is -2.28. The molecule has 3 aromatic heterocycles. The second-order valence-corrected chi connectivity index (χ2v) is 18.6. The highest BCUT2D eigenvalue weighted by Gasteiger charge is 2.49. The molecule has 0 amide bonds. The van der Waals surface area contributed by atoms with Crippen LogP contribution in [0.1, 0.15) is 0 Å². The summed E-state index contributed by atoms with van der Waals surface area (Å²) in [6, 6.07) is 73.7. The van der Waals surface area contributed by atoms with Gasteiger partial charge in [-0.2, -0.15) is 21.6 Å². The fourth-order valence-corrected chi connectivity index (χ4v) is 9.58. The summed E-state index contributed by atoms with van der Waals surface area (Å²) in [5.74, 6) is -0.498. The van der Waals surface area contributed by atoms with E-state index in [0.29, 0.717) is 27.9 Å². The molecular weight excluding hydrogens is 924 g/mol. The average Bonchev–Trinajstić information content (AvgIpc) is 3.43. The minimum atomic E-state index is -6.10. The Labute approximate surface area is 414 Å². The van der Waals surface area contributed by atoms with Crippen LogP contribution in [0.3, 0.4) is 0 Å². The quantitative estimate of drug-likeness (QED) is 0.0949. The van der Waals surface area contributed by atoms with Crippen molar-refractivity contribution in [3.8, 4) is 106 Å². The van der Waals surface area contributed by atoms with Gasteiger partial charge in [-0.05, 0) is 128 Å². The normalized spacial score (nSPS) is 11.7. The summed E-state index contributed by atoms with van der Waals surface area (Å²) >= 11 is 0. The van der Waals surface area contributed by atoms with Gasteiger partial charge in [0.25, 0.3) is 0 Å². The molecule has 8 aromatic carbocycles. The zero-order valence-electron chi connectivity index (χ0n) is 38.2. The molecule has 6 nitrogen and oxygen atoms in total. The fraction of sp³-hybridized carbons (Fsp3) is 0.0161. The van der Waals surface area contributed by atoms with Crippen LogP contribution in [0.4, 0.5) is 13.2 Å². The lowest BCUT2D eigenvalue weighted by molar-refractivity contribution is -0.0499. The Morgan fingerprint density at radius 2 is 0.764 bits per heavy atom. The largest absolute Gasteiger partial charge is 0.534 e. The van der Waals surface area contributed by atoms with Gasteiger partial charge in [-0.15, -0.1) is 0 Å². The maximum absolute atomic E-state index is 14.2. The highest BCUT2D eigenvalue weighted by molar-refractivity contribution is 7.88. The fourth-order valence-electron chi connectivity index (χ4n) is 9.11. The number of para-hydroxylation sites is 1. The van der Waals surface area contributed by atoms with E-state index >= 15 is 0 Å². The van der Waals surface area contributed by atoms with E-state index in [-0.39, 0.29) is 5.56 Å². The summed E-state index contributed by atoms with van der Waals surface area (Å²) in [5.41, 5.74) is 8.94. The van der Waals surface area contributed by atoms with Gasteiger partial charge in [0, 0.05) is 40.0 Å². The summed E-state index contributed by atoms with van der Waals surface area (Å²) in [4.78, 5) is 13.8. The van der Waals surface area contributed by atoms with Gasteiger partial charge in [0.15, 0.2) is 5.75 Å². The van der Waals surface area contributed by atoms with Crippen LogP contribution >= 0.6 is 0 Å². The van der Waals surface area contributed by atoms with E-state index in [0.717, 1.165) is 78.0 Å². The van der Waals surface area contributed by atoms with Crippen molar-refractivity contribution in [2.45, 2.75) is 5.51 Å². The molecule has 11 aromatic rings. The molecule has 0 spiro atoms. The first-order chi connectivity index (χ1) is 35.1. The number of fused-ring (bicyclic) bond motifs is 1. The van der Waals surface area contributed by atoms with Crippen LogP contribution < -0.4 is 4.18 Å². The molecule has 0 aliphatic rings. The van der Waals surface area contributed by atoms with E-state index in [1.807, 2.05) is 103 Å². The third-order valence-electron chi connectivity index (χ3n) is 12.6. The Morgan fingerprint density at radius 3 is 1.25 bits per heavy atom. The molecule has 72 heavy (non-hydrogen) atoms. The first kappa shape index (κ1) is 45.5. The van der Waals surface area contributed by atoms with Crippen molar-refractivity contribution < 1.29 is 25.8 Å². The van der Waals surface area contributed by atoms with Crippen molar-refractivity contribution in [1.82, 2.24) is 15.0 Å². The summed E-state index contributed by atoms with van der Waals surface area (Å²) in [5, 5.41) is 0.867. The topological polar surface area (TPSA) is 82.0 Å². The summed E-state index contributed by atoms with van der Waals surface area (Å²) < 4.78 is 73.4. The lowest BCUT2D eigenvalue weighted by Gasteiger charge is -2.19. The Hall–Kier alpha value is -8.99. The highest BCUT2D eigenvalue weighted by Crippen LogP contribution is 2.45. The summed E-state index contributed by atoms with van der Waals surface area (Å²) in [7, 11) is -6.10. The molecule has 0 saturated carbocycles. The average molecular weight is 964 g/mol. The van der Waals surface area contributed by atoms with Gasteiger partial charge in [-0.25, -0.2) is 4.98 Å². The maximum atomic E-state index is 14.2. The first-order valence-corrected chi connectivity index (χ1v) is 24.5. The number of pyridine rings is 3. The number of rotatable bonds is 11. The van der Waals surface area contributed by atoms with Crippen molar-refractivity contribution in [2.24, 2.45) is 0 Å². The molecule has 0 aliphatic heterocycles. The van der Waals surface area contributed by atoms with E-state index in [4.69, 9.17) is 9.17 Å². The molecule has 11 rings (SSSR count). The van der Waals surface area contributed by atoms with Gasteiger partial charge in [-0.3, -0.25) is 9.97 Å². The molecule has 0 radical (unpaired) electrons. The van der Waals surface area contributed by atoms with Gasteiger partial charge >= 0.3 is 15.6 Å².